The van der Waals surface area contributed by atoms with E-state index in [1.165, 1.54) is 11.0 Å². The fraction of sp³-hybridized carbons (Fsp3) is 0.348. The second kappa shape index (κ2) is 10.3. The molecular formula is C23H26F2N2O3. The lowest BCUT2D eigenvalue weighted by molar-refractivity contribution is 0.0242. The van der Waals surface area contributed by atoms with Crippen molar-refractivity contribution in [3.63, 3.8) is 0 Å². The van der Waals surface area contributed by atoms with Crippen LogP contribution in [0.15, 0.2) is 55.1 Å². The standard InChI is InChI=1S/C23H26F2N2O3/c1-3-14-30-21(17-6-4-7-18(15-17)29-2)16-26-10-12-27(13-11-26)23(28)22-19(24)8-5-9-20(22)25/h3-9,15,21H,1,10-14,16H2,2H3. The maximum Gasteiger partial charge on any atom is 0.259 e. The second-order valence-electron chi connectivity index (χ2n) is 7.08. The van der Waals surface area contributed by atoms with E-state index in [9.17, 15) is 13.6 Å². The highest BCUT2D eigenvalue weighted by atomic mass is 19.1. The van der Waals surface area contributed by atoms with Crippen molar-refractivity contribution in [3.8, 4) is 5.75 Å². The number of amides is 1. The van der Waals surface area contributed by atoms with Gasteiger partial charge in [0.1, 0.15) is 22.9 Å². The number of benzene rings is 2. The molecule has 1 fully saturated rings. The van der Waals surface area contributed by atoms with E-state index in [-0.39, 0.29) is 6.10 Å². The molecule has 1 atom stereocenters. The molecule has 160 valence electrons. The fourth-order valence-electron chi connectivity index (χ4n) is 3.51. The van der Waals surface area contributed by atoms with E-state index < -0.39 is 23.1 Å². The normalized spacial score (nSPS) is 15.6. The maximum absolute atomic E-state index is 13.9. The lowest BCUT2D eigenvalue weighted by atomic mass is 10.1. The Labute approximate surface area is 175 Å². The molecule has 0 spiro atoms. The first kappa shape index (κ1) is 21.9. The Morgan fingerprint density at radius 2 is 1.80 bits per heavy atom. The van der Waals surface area contributed by atoms with Gasteiger partial charge in [0.05, 0.1) is 19.8 Å². The van der Waals surface area contributed by atoms with Crippen molar-refractivity contribution in [1.29, 1.82) is 0 Å². The number of hydrogen-bond donors (Lipinski definition) is 0. The number of hydrogen-bond acceptors (Lipinski definition) is 4. The van der Waals surface area contributed by atoms with Crippen LogP contribution in [0.5, 0.6) is 5.75 Å². The summed E-state index contributed by atoms with van der Waals surface area (Å²) in [7, 11) is 1.62. The number of methoxy groups -OCH3 is 1. The van der Waals surface area contributed by atoms with Crippen LogP contribution in [0.4, 0.5) is 8.78 Å². The van der Waals surface area contributed by atoms with Crippen molar-refractivity contribution < 1.29 is 23.0 Å². The molecule has 2 aromatic carbocycles. The van der Waals surface area contributed by atoms with Gasteiger partial charge < -0.3 is 14.4 Å². The molecule has 5 nitrogen and oxygen atoms in total. The van der Waals surface area contributed by atoms with Crippen LogP contribution in [0.3, 0.4) is 0 Å². The number of piperazine rings is 1. The van der Waals surface area contributed by atoms with E-state index in [1.54, 1.807) is 13.2 Å². The van der Waals surface area contributed by atoms with Gasteiger partial charge in [-0.15, -0.1) is 6.58 Å². The van der Waals surface area contributed by atoms with Gasteiger partial charge in [0.25, 0.3) is 5.91 Å². The quantitative estimate of drug-likeness (QED) is 0.616. The van der Waals surface area contributed by atoms with Gasteiger partial charge in [0.15, 0.2) is 0 Å². The van der Waals surface area contributed by atoms with Crippen molar-refractivity contribution in [2.75, 3.05) is 46.4 Å². The number of carbonyl (C=O) groups excluding carboxylic acids is 1. The van der Waals surface area contributed by atoms with Gasteiger partial charge in [-0.3, -0.25) is 9.69 Å². The van der Waals surface area contributed by atoms with Crippen molar-refractivity contribution in [1.82, 2.24) is 9.80 Å². The highest BCUT2D eigenvalue weighted by molar-refractivity contribution is 5.94. The van der Waals surface area contributed by atoms with Crippen LogP contribution in [-0.2, 0) is 4.74 Å². The second-order valence-corrected chi connectivity index (χ2v) is 7.08. The lowest BCUT2D eigenvalue weighted by Gasteiger charge is -2.36. The molecule has 1 aliphatic rings. The zero-order chi connectivity index (χ0) is 21.5. The molecule has 2 aromatic rings. The first-order valence-electron chi connectivity index (χ1n) is 9.85. The van der Waals surface area contributed by atoms with Gasteiger partial charge in [0.2, 0.25) is 0 Å². The molecule has 0 N–H and O–H groups in total. The molecule has 0 radical (unpaired) electrons. The van der Waals surface area contributed by atoms with Crippen molar-refractivity contribution >= 4 is 5.91 Å². The Hall–Kier alpha value is -2.77. The topological polar surface area (TPSA) is 42.0 Å². The number of rotatable bonds is 8. The minimum absolute atomic E-state index is 0.190. The fourth-order valence-corrected chi connectivity index (χ4v) is 3.51. The molecule has 0 saturated carbocycles. The summed E-state index contributed by atoms with van der Waals surface area (Å²) in [6.45, 7) is 6.68. The largest absolute Gasteiger partial charge is 0.497 e. The molecule has 30 heavy (non-hydrogen) atoms. The molecule has 1 saturated heterocycles. The van der Waals surface area contributed by atoms with Crippen molar-refractivity contribution in [3.05, 3.63) is 77.9 Å². The monoisotopic (exact) mass is 416 g/mol. The highest BCUT2D eigenvalue weighted by Gasteiger charge is 2.28. The molecule has 0 aromatic heterocycles. The third kappa shape index (κ3) is 5.23. The number of halogens is 2. The highest BCUT2D eigenvalue weighted by Crippen LogP contribution is 2.24. The third-order valence-electron chi connectivity index (χ3n) is 5.14. The molecule has 1 heterocycles. The summed E-state index contributed by atoms with van der Waals surface area (Å²) in [6, 6.07) is 11.2. The molecule has 1 aliphatic heterocycles. The van der Waals surface area contributed by atoms with E-state index in [4.69, 9.17) is 9.47 Å². The minimum Gasteiger partial charge on any atom is -0.497 e. The van der Waals surface area contributed by atoms with Crippen LogP contribution in [0.2, 0.25) is 0 Å². The zero-order valence-corrected chi connectivity index (χ0v) is 17.0. The summed E-state index contributed by atoms with van der Waals surface area (Å²) in [5, 5.41) is 0. The summed E-state index contributed by atoms with van der Waals surface area (Å²) in [5.41, 5.74) is 0.498. The zero-order valence-electron chi connectivity index (χ0n) is 17.0. The van der Waals surface area contributed by atoms with Gasteiger partial charge in [-0.2, -0.15) is 0 Å². The molecule has 1 amide bonds. The average Bonchev–Trinajstić information content (AvgIpc) is 2.77. The Bertz CT molecular complexity index is 862. The number of carbonyl (C=O) groups is 1. The molecule has 0 aliphatic carbocycles. The van der Waals surface area contributed by atoms with E-state index in [2.05, 4.69) is 11.5 Å². The van der Waals surface area contributed by atoms with Crippen LogP contribution in [0.25, 0.3) is 0 Å². The summed E-state index contributed by atoms with van der Waals surface area (Å²) < 4.78 is 39.1. The van der Waals surface area contributed by atoms with Crippen LogP contribution in [0, 0.1) is 11.6 Å². The summed E-state index contributed by atoms with van der Waals surface area (Å²) in [5.74, 6) is -1.53. The van der Waals surface area contributed by atoms with Crippen molar-refractivity contribution in [2.24, 2.45) is 0 Å². The van der Waals surface area contributed by atoms with Gasteiger partial charge in [-0.05, 0) is 29.8 Å². The van der Waals surface area contributed by atoms with Crippen LogP contribution < -0.4 is 4.74 Å². The predicted octanol–water partition coefficient (Wildman–Crippen LogP) is 3.68. The van der Waals surface area contributed by atoms with Crippen LogP contribution >= 0.6 is 0 Å². The molecule has 1 unspecified atom stereocenters. The summed E-state index contributed by atoms with van der Waals surface area (Å²) >= 11 is 0. The maximum atomic E-state index is 13.9. The molecule has 7 heteroatoms. The van der Waals surface area contributed by atoms with Gasteiger partial charge in [-0.25, -0.2) is 8.78 Å². The Morgan fingerprint density at radius 1 is 1.13 bits per heavy atom. The lowest BCUT2D eigenvalue weighted by Crippen LogP contribution is -2.50. The Balaban J connectivity index is 1.64. The van der Waals surface area contributed by atoms with E-state index >= 15 is 0 Å². The van der Waals surface area contributed by atoms with Gasteiger partial charge in [-0.1, -0.05) is 24.3 Å². The van der Waals surface area contributed by atoms with Gasteiger partial charge in [0, 0.05) is 32.7 Å². The van der Waals surface area contributed by atoms with E-state index in [0.717, 1.165) is 23.4 Å². The Kier molecular flexibility index (Phi) is 7.54. The smallest absolute Gasteiger partial charge is 0.259 e. The minimum atomic E-state index is -0.835. The van der Waals surface area contributed by atoms with Crippen LogP contribution in [0.1, 0.15) is 22.0 Å². The molecule has 3 rings (SSSR count). The SMILES string of the molecule is C=CCOC(CN1CCN(C(=O)c2c(F)cccc2F)CC1)c1cccc(OC)c1. The van der Waals surface area contributed by atoms with E-state index in [0.29, 0.717) is 39.3 Å². The first-order valence-corrected chi connectivity index (χ1v) is 9.85. The molecular weight excluding hydrogens is 390 g/mol. The molecule has 0 bridgehead atoms. The predicted molar refractivity (Wildman–Crippen MR) is 111 cm³/mol. The number of ether oxygens (including phenoxy) is 2. The van der Waals surface area contributed by atoms with Crippen molar-refractivity contribution in [2.45, 2.75) is 6.10 Å². The van der Waals surface area contributed by atoms with Crippen LogP contribution in [-0.4, -0.2) is 62.1 Å². The summed E-state index contributed by atoms with van der Waals surface area (Å²) in [6.07, 6.45) is 1.51. The average molecular weight is 416 g/mol. The number of nitrogens with zero attached hydrogens (tertiary/aromatic N) is 2. The summed E-state index contributed by atoms with van der Waals surface area (Å²) in [4.78, 5) is 16.2. The first-order chi connectivity index (χ1) is 14.5. The van der Waals surface area contributed by atoms with Gasteiger partial charge >= 0.3 is 0 Å². The third-order valence-corrected chi connectivity index (χ3v) is 5.14. The van der Waals surface area contributed by atoms with E-state index in [1.807, 2.05) is 24.3 Å². The Morgan fingerprint density at radius 3 is 2.43 bits per heavy atom.